The Balaban J connectivity index is 0.000000419. The zero-order valence-electron chi connectivity index (χ0n) is 19.8. The fraction of sp³-hybridized carbons (Fsp3) is 0.762. The van der Waals surface area contributed by atoms with Gasteiger partial charge in [0.05, 0.1) is 12.1 Å². The number of thioether (sulfide) groups is 1. The van der Waals surface area contributed by atoms with Crippen LogP contribution in [-0.2, 0) is 14.4 Å². The number of carboxylic acid groups (broad SMARTS) is 2. The highest BCUT2D eigenvalue weighted by molar-refractivity contribution is 8.00. The number of nitrogens with zero attached hydrogens (tertiary/aromatic N) is 1. The van der Waals surface area contributed by atoms with Crippen LogP contribution in [0.1, 0.15) is 71.1 Å². The van der Waals surface area contributed by atoms with Crippen LogP contribution in [0, 0.1) is 0 Å². The van der Waals surface area contributed by atoms with E-state index in [4.69, 9.17) is 20.2 Å². The monoisotopic (exact) mass is 520 g/mol. The van der Waals surface area contributed by atoms with E-state index in [9.17, 15) is 24.3 Å². The van der Waals surface area contributed by atoms with Gasteiger partial charge in [0.1, 0.15) is 6.23 Å². The quantitative estimate of drug-likeness (QED) is 0.0726. The molecule has 0 aliphatic carbocycles. The summed E-state index contributed by atoms with van der Waals surface area (Å²) in [6.45, 7) is 2.11. The van der Waals surface area contributed by atoms with E-state index >= 15 is 0 Å². The first-order valence-electron chi connectivity index (χ1n) is 11.7. The zero-order chi connectivity index (χ0) is 26.4. The minimum Gasteiger partial charge on any atom is -0.450 e. The number of hydroxylamine groups is 2. The molecule has 14 heteroatoms. The van der Waals surface area contributed by atoms with Crippen LogP contribution in [0.4, 0.5) is 9.59 Å². The molecule has 3 saturated heterocycles. The molecule has 200 valence electrons. The lowest BCUT2D eigenvalue weighted by Crippen LogP contribution is -2.37. The summed E-state index contributed by atoms with van der Waals surface area (Å²) in [5.74, 6) is -0.106. The summed E-state index contributed by atoms with van der Waals surface area (Å²) in [7, 11) is 0. The van der Waals surface area contributed by atoms with Crippen molar-refractivity contribution in [1.29, 1.82) is 0 Å². The van der Waals surface area contributed by atoms with Gasteiger partial charge < -0.3 is 31.3 Å². The van der Waals surface area contributed by atoms with Gasteiger partial charge in [0.15, 0.2) is 0 Å². The van der Waals surface area contributed by atoms with Crippen LogP contribution in [0.15, 0.2) is 0 Å². The van der Waals surface area contributed by atoms with E-state index in [-0.39, 0.29) is 41.9 Å². The highest BCUT2D eigenvalue weighted by Crippen LogP contribution is 2.33. The van der Waals surface area contributed by atoms with Gasteiger partial charge in [0, 0.05) is 30.3 Å². The predicted molar refractivity (Wildman–Crippen MR) is 126 cm³/mol. The molecule has 4 atom stereocenters. The molecule has 0 saturated carbocycles. The molecule has 0 radical (unpaired) electrons. The van der Waals surface area contributed by atoms with Crippen molar-refractivity contribution < 1.29 is 44.5 Å². The number of hydrogen-bond donors (Lipinski definition) is 7. The van der Waals surface area contributed by atoms with Crippen molar-refractivity contribution in [2.24, 2.45) is 0 Å². The van der Waals surface area contributed by atoms with Crippen molar-refractivity contribution in [2.45, 2.75) is 94.7 Å². The van der Waals surface area contributed by atoms with Gasteiger partial charge in [-0.15, -0.1) is 0 Å². The molecule has 0 aromatic carbocycles. The normalized spacial score (nSPS) is 23.2. The topological polar surface area (TPSA) is 206 Å². The first-order valence-corrected chi connectivity index (χ1v) is 12.7. The van der Waals surface area contributed by atoms with Crippen molar-refractivity contribution in [3.8, 4) is 0 Å². The number of aliphatic hydroxyl groups excluding tert-OH is 1. The lowest BCUT2D eigenvalue weighted by molar-refractivity contribution is -0.171. The Morgan fingerprint density at radius 1 is 1.09 bits per heavy atom. The van der Waals surface area contributed by atoms with Crippen molar-refractivity contribution >= 4 is 41.7 Å². The molecule has 0 aromatic heterocycles. The molecule has 7 N–H and O–H groups in total. The molecular formula is C21H36N4O9S. The SMILES string of the molecule is CCCCCC(O)NC(=O)CCCC[C@@H]1SC[C@@H]2NC(=O)N[C@@H]21.O=C(O)O.O=C1CCC(=O)N1O. The smallest absolute Gasteiger partial charge is 0.450 e. The molecule has 3 heterocycles. The van der Waals surface area contributed by atoms with Gasteiger partial charge in [0.25, 0.3) is 11.8 Å². The largest absolute Gasteiger partial charge is 0.503 e. The summed E-state index contributed by atoms with van der Waals surface area (Å²) in [6, 6.07) is 0.447. The number of hydrogen-bond acceptors (Lipinski definition) is 8. The molecule has 3 aliphatic heterocycles. The maximum atomic E-state index is 11.8. The highest BCUT2D eigenvalue weighted by atomic mass is 32.2. The van der Waals surface area contributed by atoms with Gasteiger partial charge in [-0.05, 0) is 25.7 Å². The molecule has 13 nitrogen and oxygen atoms in total. The lowest BCUT2D eigenvalue weighted by Gasteiger charge is -2.16. The Morgan fingerprint density at radius 2 is 1.71 bits per heavy atom. The van der Waals surface area contributed by atoms with E-state index in [2.05, 4.69) is 22.9 Å². The van der Waals surface area contributed by atoms with E-state index in [1.54, 1.807) is 0 Å². The third-order valence-corrected chi connectivity index (χ3v) is 7.02. The number of amides is 5. The summed E-state index contributed by atoms with van der Waals surface area (Å²) < 4.78 is 0. The van der Waals surface area contributed by atoms with Crippen molar-refractivity contribution in [1.82, 2.24) is 21.0 Å². The average Bonchev–Trinajstić information content (AvgIpc) is 3.42. The van der Waals surface area contributed by atoms with Crippen LogP contribution in [0.2, 0.25) is 0 Å². The summed E-state index contributed by atoms with van der Waals surface area (Å²) in [5.41, 5.74) is 0. The third-order valence-electron chi connectivity index (χ3n) is 5.51. The minimum atomic E-state index is -1.83. The van der Waals surface area contributed by atoms with Crippen LogP contribution in [0.5, 0.6) is 0 Å². The van der Waals surface area contributed by atoms with Gasteiger partial charge in [0.2, 0.25) is 5.91 Å². The second kappa shape index (κ2) is 16.2. The van der Waals surface area contributed by atoms with Gasteiger partial charge >= 0.3 is 12.2 Å². The molecule has 35 heavy (non-hydrogen) atoms. The van der Waals surface area contributed by atoms with Crippen LogP contribution >= 0.6 is 11.8 Å². The first kappa shape index (κ1) is 30.5. The van der Waals surface area contributed by atoms with Crippen LogP contribution < -0.4 is 16.0 Å². The number of carbonyl (C=O) groups is 5. The first-order chi connectivity index (χ1) is 16.5. The molecule has 3 fully saturated rings. The summed E-state index contributed by atoms with van der Waals surface area (Å²) >= 11 is 1.90. The Labute approximate surface area is 208 Å². The number of fused-ring (bicyclic) bond motifs is 1. The second-order valence-corrected chi connectivity index (χ2v) is 9.60. The van der Waals surface area contributed by atoms with Crippen molar-refractivity contribution in [3.63, 3.8) is 0 Å². The molecule has 5 amide bonds. The molecule has 3 aliphatic rings. The van der Waals surface area contributed by atoms with Crippen LogP contribution in [-0.4, -0.2) is 84.8 Å². The van der Waals surface area contributed by atoms with E-state index < -0.39 is 24.2 Å². The Bertz CT molecular complexity index is 720. The number of imide groups is 1. The molecule has 0 spiro atoms. The lowest BCUT2D eigenvalue weighted by atomic mass is 10.0. The fourth-order valence-electron chi connectivity index (χ4n) is 3.76. The van der Waals surface area contributed by atoms with Crippen LogP contribution in [0.25, 0.3) is 0 Å². The third kappa shape index (κ3) is 12.1. The Hall–Kier alpha value is -2.58. The van der Waals surface area contributed by atoms with Crippen molar-refractivity contribution in [2.75, 3.05) is 5.75 Å². The minimum absolute atomic E-state index is 0.0539. The summed E-state index contributed by atoms with van der Waals surface area (Å²) in [6.07, 6.45) is 4.79. The highest BCUT2D eigenvalue weighted by Gasteiger charge is 2.42. The summed E-state index contributed by atoms with van der Waals surface area (Å²) in [4.78, 5) is 52.1. The number of unbranched alkanes of at least 4 members (excludes halogenated alkanes) is 3. The molecule has 0 aromatic rings. The Kier molecular flexibility index (Phi) is 14.1. The molecule has 0 bridgehead atoms. The number of carbonyl (C=O) groups excluding carboxylic acids is 4. The Morgan fingerprint density at radius 3 is 2.26 bits per heavy atom. The maximum absolute atomic E-state index is 11.8. The van der Waals surface area contributed by atoms with Crippen molar-refractivity contribution in [3.05, 3.63) is 0 Å². The number of aliphatic hydroxyl groups is 1. The molecule has 1 unspecified atom stereocenters. The fourth-order valence-corrected chi connectivity index (χ4v) is 5.30. The maximum Gasteiger partial charge on any atom is 0.503 e. The average molecular weight is 521 g/mol. The van der Waals surface area contributed by atoms with E-state index in [0.29, 0.717) is 18.1 Å². The van der Waals surface area contributed by atoms with Gasteiger partial charge in [-0.3, -0.25) is 19.6 Å². The number of nitrogens with one attached hydrogen (secondary N) is 3. The second-order valence-electron chi connectivity index (χ2n) is 8.33. The van der Waals surface area contributed by atoms with E-state index in [1.807, 2.05) is 11.8 Å². The standard InChI is InChI=1S/C16H29N3O3S.C4H5NO3.CH2O3/c1-2-3-4-8-13(20)18-14(21)9-6-5-7-12-15-11(10-23-12)17-16(22)19-15;6-3-1-2-4(7)5(3)8;2-1(3)4/h11-13,15,20H,2-10H2,1H3,(H,18,21)(H2,17,19,22);8H,1-2H2;(H2,2,3,4)/t11-,12-,13?,15-;;/m0../s1. The molecule has 3 rings (SSSR count). The zero-order valence-corrected chi connectivity index (χ0v) is 20.6. The van der Waals surface area contributed by atoms with Gasteiger partial charge in [-0.1, -0.05) is 26.2 Å². The van der Waals surface area contributed by atoms with Gasteiger partial charge in [-0.2, -0.15) is 16.8 Å². The van der Waals surface area contributed by atoms with E-state index in [1.165, 1.54) is 0 Å². The van der Waals surface area contributed by atoms with E-state index in [0.717, 1.165) is 44.3 Å². The van der Waals surface area contributed by atoms with Crippen LogP contribution in [0.3, 0.4) is 0 Å². The van der Waals surface area contributed by atoms with Gasteiger partial charge in [-0.25, -0.2) is 9.59 Å². The number of urea groups is 1. The molecular weight excluding hydrogens is 484 g/mol. The number of rotatable bonds is 10. The summed E-state index contributed by atoms with van der Waals surface area (Å²) in [5, 5.41) is 41.2. The predicted octanol–water partition coefficient (Wildman–Crippen LogP) is 1.47.